The highest BCUT2D eigenvalue weighted by Crippen LogP contribution is 2.16. The number of rotatable bonds is 14. The molecule has 0 bridgehead atoms. The SMILES string of the molecule is COCCCNC(=O)c1ccc(NC(=O)CNc2ccc(OCCCc3ccccc3)cc2)cc1. The minimum absolute atomic E-state index is 0.124. The van der Waals surface area contributed by atoms with Gasteiger partial charge in [-0.05, 0) is 73.4 Å². The molecule has 0 saturated heterocycles. The summed E-state index contributed by atoms with van der Waals surface area (Å²) in [5.41, 5.74) is 3.31. The maximum absolute atomic E-state index is 12.3. The van der Waals surface area contributed by atoms with Crippen LogP contribution in [0.5, 0.6) is 5.75 Å². The summed E-state index contributed by atoms with van der Waals surface area (Å²) in [7, 11) is 1.63. The molecule has 0 radical (unpaired) electrons. The number of aryl methyl sites for hydroxylation is 1. The first-order valence-corrected chi connectivity index (χ1v) is 11.8. The molecule has 2 amide bonds. The van der Waals surface area contributed by atoms with Gasteiger partial charge in [0, 0.05) is 37.2 Å². The Morgan fingerprint density at radius 3 is 2.23 bits per heavy atom. The van der Waals surface area contributed by atoms with Crippen molar-refractivity contribution in [1.29, 1.82) is 0 Å². The molecule has 0 saturated carbocycles. The molecule has 0 fully saturated rings. The normalized spacial score (nSPS) is 10.4. The van der Waals surface area contributed by atoms with E-state index in [0.717, 1.165) is 30.7 Å². The van der Waals surface area contributed by atoms with E-state index in [4.69, 9.17) is 9.47 Å². The summed E-state index contributed by atoms with van der Waals surface area (Å²) in [5, 5.41) is 8.76. The zero-order valence-electron chi connectivity index (χ0n) is 20.1. The first-order chi connectivity index (χ1) is 17.1. The molecule has 3 rings (SSSR count). The highest BCUT2D eigenvalue weighted by Gasteiger charge is 2.07. The van der Waals surface area contributed by atoms with Crippen LogP contribution in [0.1, 0.15) is 28.8 Å². The molecule has 0 aromatic heterocycles. The van der Waals surface area contributed by atoms with E-state index in [1.807, 2.05) is 42.5 Å². The van der Waals surface area contributed by atoms with Crippen molar-refractivity contribution >= 4 is 23.2 Å². The number of carbonyl (C=O) groups is 2. The summed E-state index contributed by atoms with van der Waals surface area (Å²) in [6.45, 7) is 1.93. The minimum Gasteiger partial charge on any atom is -0.494 e. The molecule has 0 aliphatic heterocycles. The second-order valence-corrected chi connectivity index (χ2v) is 8.04. The van der Waals surface area contributed by atoms with Crippen LogP contribution in [0, 0.1) is 0 Å². The van der Waals surface area contributed by atoms with E-state index in [9.17, 15) is 9.59 Å². The summed E-state index contributed by atoms with van der Waals surface area (Å²) in [6, 6.07) is 24.7. The van der Waals surface area contributed by atoms with Crippen LogP contribution >= 0.6 is 0 Å². The van der Waals surface area contributed by atoms with E-state index >= 15 is 0 Å². The van der Waals surface area contributed by atoms with Gasteiger partial charge in [0.25, 0.3) is 5.91 Å². The lowest BCUT2D eigenvalue weighted by atomic mass is 10.1. The van der Waals surface area contributed by atoms with Gasteiger partial charge in [-0.25, -0.2) is 0 Å². The van der Waals surface area contributed by atoms with Gasteiger partial charge in [0.15, 0.2) is 0 Å². The van der Waals surface area contributed by atoms with Crippen molar-refractivity contribution in [2.45, 2.75) is 19.3 Å². The van der Waals surface area contributed by atoms with Crippen molar-refractivity contribution in [2.75, 3.05) is 44.0 Å². The largest absolute Gasteiger partial charge is 0.494 e. The molecule has 0 unspecified atom stereocenters. The molecule has 3 N–H and O–H groups in total. The maximum Gasteiger partial charge on any atom is 0.251 e. The molecule has 0 spiro atoms. The van der Waals surface area contributed by atoms with Crippen molar-refractivity contribution < 1.29 is 19.1 Å². The third kappa shape index (κ3) is 9.51. The van der Waals surface area contributed by atoms with Crippen molar-refractivity contribution in [3.8, 4) is 5.75 Å². The molecule has 3 aromatic carbocycles. The lowest BCUT2D eigenvalue weighted by Gasteiger charge is -2.10. The Morgan fingerprint density at radius 2 is 1.51 bits per heavy atom. The Balaban J connectivity index is 1.34. The van der Waals surface area contributed by atoms with Gasteiger partial charge in [0.05, 0.1) is 13.2 Å². The fourth-order valence-corrected chi connectivity index (χ4v) is 3.39. The monoisotopic (exact) mass is 475 g/mol. The highest BCUT2D eigenvalue weighted by atomic mass is 16.5. The number of anilines is 2. The van der Waals surface area contributed by atoms with E-state index in [1.54, 1.807) is 31.4 Å². The molecule has 3 aromatic rings. The Hall–Kier alpha value is -3.84. The van der Waals surface area contributed by atoms with Gasteiger partial charge in [-0.3, -0.25) is 9.59 Å². The number of ether oxygens (including phenoxy) is 2. The predicted octanol–water partition coefficient (Wildman–Crippen LogP) is 4.52. The van der Waals surface area contributed by atoms with Crippen LogP contribution in [0.25, 0.3) is 0 Å². The van der Waals surface area contributed by atoms with Crippen LogP contribution in [-0.4, -0.2) is 45.2 Å². The Bertz CT molecular complexity index is 1040. The lowest BCUT2D eigenvalue weighted by molar-refractivity contribution is -0.114. The van der Waals surface area contributed by atoms with Gasteiger partial charge < -0.3 is 25.4 Å². The maximum atomic E-state index is 12.3. The van der Waals surface area contributed by atoms with Gasteiger partial charge in [-0.15, -0.1) is 0 Å². The summed E-state index contributed by atoms with van der Waals surface area (Å²) >= 11 is 0. The second-order valence-electron chi connectivity index (χ2n) is 8.04. The van der Waals surface area contributed by atoms with Crippen molar-refractivity contribution in [2.24, 2.45) is 0 Å². The third-order valence-electron chi connectivity index (χ3n) is 5.27. The standard InChI is InChI=1S/C28H33N3O4/c1-34-19-6-18-29-28(33)23-10-12-25(13-11-23)31-27(32)21-30-24-14-16-26(17-15-24)35-20-5-9-22-7-3-2-4-8-22/h2-4,7-8,10-17,30H,5-6,9,18-21H2,1H3,(H,29,33)(H,31,32). The minimum atomic E-state index is -0.178. The van der Waals surface area contributed by atoms with Gasteiger partial charge in [0.2, 0.25) is 5.91 Å². The van der Waals surface area contributed by atoms with E-state index < -0.39 is 0 Å². The molecule has 184 valence electrons. The Kier molecular flexibility index (Phi) is 10.6. The summed E-state index contributed by atoms with van der Waals surface area (Å²) < 4.78 is 10.8. The number of methoxy groups -OCH3 is 1. The topological polar surface area (TPSA) is 88.7 Å². The molecule has 7 heteroatoms. The van der Waals surface area contributed by atoms with E-state index in [1.165, 1.54) is 5.56 Å². The van der Waals surface area contributed by atoms with Crippen LogP contribution in [0.2, 0.25) is 0 Å². The zero-order valence-corrected chi connectivity index (χ0v) is 20.1. The number of carbonyl (C=O) groups excluding carboxylic acids is 2. The number of nitrogens with one attached hydrogen (secondary N) is 3. The van der Waals surface area contributed by atoms with Gasteiger partial charge in [0.1, 0.15) is 5.75 Å². The van der Waals surface area contributed by atoms with Crippen LogP contribution in [0.15, 0.2) is 78.9 Å². The smallest absolute Gasteiger partial charge is 0.251 e. The van der Waals surface area contributed by atoms with Crippen LogP contribution < -0.4 is 20.7 Å². The van der Waals surface area contributed by atoms with Gasteiger partial charge >= 0.3 is 0 Å². The Labute approximate surface area is 206 Å². The first kappa shape index (κ1) is 25.8. The molecular formula is C28H33N3O4. The van der Waals surface area contributed by atoms with E-state index in [0.29, 0.717) is 31.0 Å². The molecule has 0 aliphatic rings. The average molecular weight is 476 g/mol. The highest BCUT2D eigenvalue weighted by molar-refractivity contribution is 5.96. The van der Waals surface area contributed by atoms with Crippen molar-refractivity contribution in [3.05, 3.63) is 90.0 Å². The third-order valence-corrected chi connectivity index (χ3v) is 5.27. The van der Waals surface area contributed by atoms with Crippen molar-refractivity contribution in [3.63, 3.8) is 0 Å². The molecule has 0 atom stereocenters. The van der Waals surface area contributed by atoms with Crippen LogP contribution in [0.4, 0.5) is 11.4 Å². The van der Waals surface area contributed by atoms with Crippen LogP contribution in [0.3, 0.4) is 0 Å². The molecule has 35 heavy (non-hydrogen) atoms. The fraction of sp³-hybridized carbons (Fsp3) is 0.286. The summed E-state index contributed by atoms with van der Waals surface area (Å²) in [6.07, 6.45) is 2.69. The van der Waals surface area contributed by atoms with E-state index in [-0.39, 0.29) is 18.4 Å². The quantitative estimate of drug-likeness (QED) is 0.299. The summed E-state index contributed by atoms with van der Waals surface area (Å²) in [4.78, 5) is 24.4. The first-order valence-electron chi connectivity index (χ1n) is 11.8. The molecule has 7 nitrogen and oxygen atoms in total. The zero-order chi connectivity index (χ0) is 24.7. The van der Waals surface area contributed by atoms with Gasteiger partial charge in [-0.1, -0.05) is 30.3 Å². The summed E-state index contributed by atoms with van der Waals surface area (Å²) in [5.74, 6) is 0.475. The number of hydrogen-bond acceptors (Lipinski definition) is 5. The molecular weight excluding hydrogens is 442 g/mol. The van der Waals surface area contributed by atoms with E-state index in [2.05, 4.69) is 28.1 Å². The number of amides is 2. The van der Waals surface area contributed by atoms with Crippen molar-refractivity contribution in [1.82, 2.24) is 5.32 Å². The predicted molar refractivity (Wildman–Crippen MR) is 139 cm³/mol. The van der Waals surface area contributed by atoms with Gasteiger partial charge in [-0.2, -0.15) is 0 Å². The number of benzene rings is 3. The van der Waals surface area contributed by atoms with Crippen LogP contribution in [-0.2, 0) is 16.0 Å². The number of hydrogen-bond donors (Lipinski definition) is 3. The Morgan fingerprint density at radius 1 is 0.800 bits per heavy atom. The lowest BCUT2D eigenvalue weighted by Crippen LogP contribution is -2.25. The average Bonchev–Trinajstić information content (AvgIpc) is 2.89. The molecule has 0 aliphatic carbocycles. The fourth-order valence-electron chi connectivity index (χ4n) is 3.39. The second kappa shape index (κ2) is 14.4. The molecule has 0 heterocycles.